The van der Waals surface area contributed by atoms with Gasteiger partial charge in [-0.05, 0) is 44.2 Å². The quantitative estimate of drug-likeness (QED) is 0.204. The van der Waals surface area contributed by atoms with E-state index in [9.17, 15) is 9.90 Å². The van der Waals surface area contributed by atoms with E-state index >= 15 is 0 Å². The van der Waals surface area contributed by atoms with Crippen LogP contribution in [0.5, 0.6) is 0 Å². The molecule has 0 aliphatic heterocycles. The lowest BCUT2D eigenvalue weighted by atomic mass is 10.0. The van der Waals surface area contributed by atoms with Gasteiger partial charge in [0, 0.05) is 17.8 Å². The molecule has 0 aliphatic rings. The first-order chi connectivity index (χ1) is 12.9. The number of rotatable bonds is 7. The van der Waals surface area contributed by atoms with Crippen molar-refractivity contribution in [3.63, 3.8) is 0 Å². The minimum atomic E-state index is -1.21. The van der Waals surface area contributed by atoms with Gasteiger partial charge in [0.15, 0.2) is 5.96 Å². The number of halogens is 1. The third-order valence-corrected chi connectivity index (χ3v) is 3.69. The Balaban J connectivity index is 0.00000392. The number of benzene rings is 1. The molecule has 8 heteroatoms. The lowest BCUT2D eigenvalue weighted by Gasteiger charge is -2.22. The number of hydrogen-bond acceptors (Lipinski definition) is 4. The number of aliphatic imine (C=N–C) groups is 1. The van der Waals surface area contributed by atoms with Crippen LogP contribution in [-0.2, 0) is 10.4 Å². The van der Waals surface area contributed by atoms with Gasteiger partial charge < -0.3 is 25.5 Å². The van der Waals surface area contributed by atoms with Crippen molar-refractivity contribution in [3.8, 4) is 12.3 Å². The second kappa shape index (κ2) is 11.4. The Labute approximate surface area is 182 Å². The first-order valence-electron chi connectivity index (χ1n) is 8.59. The average Bonchev–Trinajstić information content (AvgIpc) is 3.20. The zero-order valence-electron chi connectivity index (χ0n) is 15.9. The first-order valence-corrected chi connectivity index (χ1v) is 8.59. The molecule has 4 N–H and O–H groups in total. The van der Waals surface area contributed by atoms with Gasteiger partial charge in [0.05, 0.1) is 12.8 Å². The van der Waals surface area contributed by atoms with Gasteiger partial charge >= 0.3 is 0 Å². The molecule has 0 spiro atoms. The van der Waals surface area contributed by atoms with Gasteiger partial charge in [-0.2, -0.15) is 0 Å². The zero-order chi connectivity index (χ0) is 19.7. The van der Waals surface area contributed by atoms with Crippen molar-refractivity contribution in [1.82, 2.24) is 10.6 Å². The van der Waals surface area contributed by atoms with Crippen LogP contribution in [0.4, 0.5) is 5.69 Å². The number of hydrogen-bond donors (Lipinski definition) is 4. The number of terminal acetylenes is 1. The molecule has 1 atom stereocenters. The topological polar surface area (TPSA) is 98.9 Å². The van der Waals surface area contributed by atoms with E-state index in [2.05, 4.69) is 26.9 Å². The maximum Gasteiger partial charge on any atom is 0.246 e. The van der Waals surface area contributed by atoms with Gasteiger partial charge in [0.25, 0.3) is 0 Å². The number of guanidine groups is 1. The van der Waals surface area contributed by atoms with E-state index in [4.69, 9.17) is 10.8 Å². The van der Waals surface area contributed by atoms with Gasteiger partial charge in [-0.25, -0.2) is 4.99 Å². The molecule has 1 heterocycles. The number of carbonyl (C=O) groups excluding carboxylic acids is 1. The molecule has 28 heavy (non-hydrogen) atoms. The number of anilines is 1. The van der Waals surface area contributed by atoms with Gasteiger partial charge in [-0.15, -0.1) is 30.4 Å². The highest BCUT2D eigenvalue weighted by atomic mass is 127. The smallest absolute Gasteiger partial charge is 0.246 e. The summed E-state index contributed by atoms with van der Waals surface area (Å²) in [5.41, 5.74) is 0.0910. The van der Waals surface area contributed by atoms with Gasteiger partial charge in [0.2, 0.25) is 5.91 Å². The third-order valence-electron chi connectivity index (χ3n) is 3.69. The minimum Gasteiger partial charge on any atom is -0.466 e. The largest absolute Gasteiger partial charge is 0.466 e. The predicted octanol–water partition coefficient (Wildman–Crippen LogP) is 2.28. The Hall–Kier alpha value is -2.51. The van der Waals surface area contributed by atoms with Crippen molar-refractivity contribution in [2.45, 2.75) is 19.4 Å². The summed E-state index contributed by atoms with van der Waals surface area (Å²) >= 11 is 0. The Morgan fingerprint density at radius 1 is 1.32 bits per heavy atom. The average molecular weight is 496 g/mol. The molecule has 0 radical (unpaired) electrons. The Bertz CT molecular complexity index is 826. The molecule has 0 saturated heterocycles. The van der Waals surface area contributed by atoms with Crippen LogP contribution in [0.3, 0.4) is 0 Å². The highest BCUT2D eigenvalue weighted by molar-refractivity contribution is 14.0. The maximum atomic E-state index is 12.1. The monoisotopic (exact) mass is 496 g/mol. The zero-order valence-corrected chi connectivity index (χ0v) is 18.2. The summed E-state index contributed by atoms with van der Waals surface area (Å²) in [6.07, 6.45) is 6.86. The fourth-order valence-corrected chi connectivity index (χ4v) is 2.31. The Morgan fingerprint density at radius 3 is 2.75 bits per heavy atom. The summed E-state index contributed by atoms with van der Waals surface area (Å²) < 4.78 is 5.25. The normalized spacial score (nSPS) is 12.9. The molecule has 1 unspecified atom stereocenters. The Morgan fingerprint density at radius 2 is 2.11 bits per heavy atom. The minimum absolute atomic E-state index is 0. The first kappa shape index (κ1) is 23.5. The highest BCUT2D eigenvalue weighted by Crippen LogP contribution is 2.19. The van der Waals surface area contributed by atoms with Crippen LogP contribution in [0.2, 0.25) is 0 Å². The van der Waals surface area contributed by atoms with Gasteiger partial charge in [-0.1, -0.05) is 12.0 Å². The molecule has 0 fully saturated rings. The van der Waals surface area contributed by atoms with Crippen molar-refractivity contribution in [3.05, 3.63) is 54.0 Å². The lowest BCUT2D eigenvalue weighted by Crippen LogP contribution is -2.44. The third kappa shape index (κ3) is 7.25. The van der Waals surface area contributed by atoms with Crippen molar-refractivity contribution >= 4 is 41.5 Å². The summed E-state index contributed by atoms with van der Waals surface area (Å²) in [6, 6.07) is 10.4. The summed E-state index contributed by atoms with van der Waals surface area (Å²) in [7, 11) is 0. The van der Waals surface area contributed by atoms with Crippen molar-refractivity contribution in [2.75, 3.05) is 25.0 Å². The fourth-order valence-electron chi connectivity index (χ4n) is 2.31. The van der Waals surface area contributed by atoms with Crippen LogP contribution >= 0.6 is 24.0 Å². The van der Waals surface area contributed by atoms with E-state index in [1.807, 2.05) is 6.92 Å². The molecule has 7 nitrogen and oxygen atoms in total. The Kier molecular flexibility index (Phi) is 9.55. The summed E-state index contributed by atoms with van der Waals surface area (Å²) in [6.45, 7) is 4.23. The van der Waals surface area contributed by atoms with E-state index in [0.29, 0.717) is 29.5 Å². The molecule has 2 aromatic rings. The fraction of sp³-hybridized carbons (Fsp3) is 0.300. The standard InChI is InChI=1S/C20H24N4O3.HI/c1-4-15-8-6-9-16(12-15)24-18(25)13-22-19(21-5-2)23-14-20(3,26)17-10-7-11-27-17;/h1,6-12,26H,5,13-14H2,2-3H3,(H,24,25)(H2,21,22,23);1H. The molecule has 1 aromatic heterocycles. The van der Waals surface area contributed by atoms with Crippen LogP contribution in [-0.4, -0.2) is 36.6 Å². The number of carbonyl (C=O) groups is 1. The summed E-state index contributed by atoms with van der Waals surface area (Å²) in [5.74, 6) is 3.10. The number of amides is 1. The number of nitrogens with one attached hydrogen (secondary N) is 3. The van der Waals surface area contributed by atoms with Crippen LogP contribution in [0.1, 0.15) is 25.2 Å². The van der Waals surface area contributed by atoms with Crippen LogP contribution < -0.4 is 16.0 Å². The van der Waals surface area contributed by atoms with Gasteiger partial charge in [0.1, 0.15) is 17.9 Å². The summed E-state index contributed by atoms with van der Waals surface area (Å²) in [5, 5.41) is 19.3. The molecule has 0 aliphatic carbocycles. The lowest BCUT2D eigenvalue weighted by molar-refractivity contribution is -0.114. The van der Waals surface area contributed by atoms with Crippen molar-refractivity contribution < 1.29 is 14.3 Å². The molecular weight excluding hydrogens is 471 g/mol. The SMILES string of the molecule is C#Cc1cccc(NC(=O)CN=C(NCC)NCC(C)(O)c2ccco2)c1.I. The van der Waals surface area contributed by atoms with E-state index in [0.717, 1.165) is 0 Å². The maximum absolute atomic E-state index is 12.1. The molecule has 150 valence electrons. The second-order valence-corrected chi connectivity index (χ2v) is 6.07. The molecule has 0 bridgehead atoms. The van der Waals surface area contributed by atoms with E-state index in [1.54, 1.807) is 43.3 Å². The number of aliphatic hydroxyl groups is 1. The van der Waals surface area contributed by atoms with Crippen molar-refractivity contribution in [1.29, 1.82) is 0 Å². The van der Waals surface area contributed by atoms with E-state index in [1.165, 1.54) is 6.26 Å². The highest BCUT2D eigenvalue weighted by Gasteiger charge is 2.26. The summed E-state index contributed by atoms with van der Waals surface area (Å²) in [4.78, 5) is 16.4. The van der Waals surface area contributed by atoms with E-state index < -0.39 is 5.60 Å². The molecule has 1 amide bonds. The molecule has 2 rings (SSSR count). The second-order valence-electron chi connectivity index (χ2n) is 6.07. The van der Waals surface area contributed by atoms with Gasteiger partial charge in [-0.3, -0.25) is 4.79 Å². The molecule has 1 aromatic carbocycles. The van der Waals surface area contributed by atoms with Crippen LogP contribution in [0.25, 0.3) is 0 Å². The van der Waals surface area contributed by atoms with Crippen LogP contribution in [0.15, 0.2) is 52.1 Å². The van der Waals surface area contributed by atoms with Crippen LogP contribution in [0, 0.1) is 12.3 Å². The molecular formula is C20H25IN4O3. The predicted molar refractivity (Wildman–Crippen MR) is 121 cm³/mol. The molecule has 0 saturated carbocycles. The van der Waals surface area contributed by atoms with E-state index in [-0.39, 0.29) is 43.0 Å². The number of furan rings is 1. The number of nitrogens with zero attached hydrogens (tertiary/aromatic N) is 1. The van der Waals surface area contributed by atoms with Crippen molar-refractivity contribution in [2.24, 2.45) is 4.99 Å².